The lowest BCUT2D eigenvalue weighted by molar-refractivity contribution is -0.00719. The zero-order chi connectivity index (χ0) is 10.9. The average Bonchev–Trinajstić information content (AvgIpc) is 3.02. The zero-order valence-electron chi connectivity index (χ0n) is 10.3. The molecule has 1 saturated heterocycles. The van der Waals surface area contributed by atoms with E-state index >= 15 is 0 Å². The Morgan fingerprint density at radius 3 is 2.87 bits per heavy atom. The first-order valence-corrected chi connectivity index (χ1v) is 6.15. The Morgan fingerprint density at radius 1 is 1.53 bits per heavy atom. The topological polar surface area (TPSA) is 24.5 Å². The Bertz CT molecular complexity index is 218. The average molecular weight is 212 g/mol. The summed E-state index contributed by atoms with van der Waals surface area (Å²) in [6.07, 6.45) is 2.82. The molecule has 0 aromatic heterocycles. The summed E-state index contributed by atoms with van der Waals surface area (Å²) in [6.45, 7) is 8.99. The van der Waals surface area contributed by atoms with Gasteiger partial charge in [-0.05, 0) is 32.6 Å². The van der Waals surface area contributed by atoms with Crippen LogP contribution in [0.2, 0.25) is 0 Å². The van der Waals surface area contributed by atoms with E-state index in [1.807, 2.05) is 0 Å². The van der Waals surface area contributed by atoms with E-state index < -0.39 is 0 Å². The van der Waals surface area contributed by atoms with Crippen molar-refractivity contribution in [3.8, 4) is 0 Å². The number of piperazine rings is 1. The zero-order valence-corrected chi connectivity index (χ0v) is 10.3. The predicted octanol–water partition coefficient (Wildman–Crippen LogP) is 1.10. The van der Waals surface area contributed by atoms with Gasteiger partial charge in [-0.2, -0.15) is 0 Å². The van der Waals surface area contributed by atoms with Crippen LogP contribution in [0.1, 0.15) is 26.7 Å². The summed E-state index contributed by atoms with van der Waals surface area (Å²) in [5.41, 5.74) is 0.371. The number of rotatable bonds is 4. The van der Waals surface area contributed by atoms with Crippen LogP contribution in [0.3, 0.4) is 0 Å². The Morgan fingerprint density at radius 2 is 2.27 bits per heavy atom. The Kier molecular flexibility index (Phi) is 3.33. The molecule has 2 atom stereocenters. The number of methoxy groups -OCH3 is 1. The lowest BCUT2D eigenvalue weighted by atomic mass is 9.90. The standard InChI is InChI=1S/C12H24N2O/c1-10(8-15-3)14-7-6-13-9-12(14,2)11-4-5-11/h10-11,13H,4-9H2,1-3H3. The highest BCUT2D eigenvalue weighted by atomic mass is 16.5. The fourth-order valence-corrected chi connectivity index (χ4v) is 3.04. The van der Waals surface area contributed by atoms with E-state index in [9.17, 15) is 0 Å². The summed E-state index contributed by atoms with van der Waals surface area (Å²) < 4.78 is 5.29. The van der Waals surface area contributed by atoms with Crippen molar-refractivity contribution >= 4 is 0 Å². The van der Waals surface area contributed by atoms with Crippen LogP contribution in [0.25, 0.3) is 0 Å². The van der Waals surface area contributed by atoms with Crippen LogP contribution in [-0.4, -0.2) is 49.8 Å². The molecule has 0 radical (unpaired) electrons. The maximum atomic E-state index is 5.29. The molecule has 15 heavy (non-hydrogen) atoms. The molecule has 0 aromatic rings. The molecule has 2 rings (SSSR count). The van der Waals surface area contributed by atoms with Gasteiger partial charge in [0.2, 0.25) is 0 Å². The van der Waals surface area contributed by atoms with Crippen LogP contribution in [0.15, 0.2) is 0 Å². The molecule has 0 aromatic carbocycles. The first-order chi connectivity index (χ1) is 7.18. The summed E-state index contributed by atoms with van der Waals surface area (Å²) in [5, 5.41) is 3.54. The highest BCUT2D eigenvalue weighted by Crippen LogP contribution is 2.44. The minimum absolute atomic E-state index is 0.371. The van der Waals surface area contributed by atoms with E-state index in [2.05, 4.69) is 24.1 Å². The van der Waals surface area contributed by atoms with Gasteiger partial charge in [-0.15, -0.1) is 0 Å². The monoisotopic (exact) mass is 212 g/mol. The van der Waals surface area contributed by atoms with Gasteiger partial charge in [-0.1, -0.05) is 0 Å². The van der Waals surface area contributed by atoms with Crippen LogP contribution >= 0.6 is 0 Å². The van der Waals surface area contributed by atoms with Gasteiger partial charge < -0.3 is 10.1 Å². The maximum Gasteiger partial charge on any atom is 0.0615 e. The first kappa shape index (κ1) is 11.4. The van der Waals surface area contributed by atoms with Gasteiger partial charge in [-0.3, -0.25) is 4.90 Å². The number of hydrogen-bond acceptors (Lipinski definition) is 3. The molecule has 0 bridgehead atoms. The van der Waals surface area contributed by atoms with Crippen LogP contribution < -0.4 is 5.32 Å². The maximum absolute atomic E-state index is 5.29. The Hall–Kier alpha value is -0.120. The van der Waals surface area contributed by atoms with Gasteiger partial charge in [0.15, 0.2) is 0 Å². The van der Waals surface area contributed by atoms with E-state index in [4.69, 9.17) is 4.74 Å². The molecule has 0 spiro atoms. The quantitative estimate of drug-likeness (QED) is 0.755. The van der Waals surface area contributed by atoms with Gasteiger partial charge >= 0.3 is 0 Å². The van der Waals surface area contributed by atoms with Crippen LogP contribution in [-0.2, 0) is 4.74 Å². The fourth-order valence-electron chi connectivity index (χ4n) is 3.04. The van der Waals surface area contributed by atoms with Gasteiger partial charge in [0, 0.05) is 38.3 Å². The summed E-state index contributed by atoms with van der Waals surface area (Å²) in [5.74, 6) is 0.907. The molecular formula is C12H24N2O. The highest BCUT2D eigenvalue weighted by Gasteiger charge is 2.47. The van der Waals surface area contributed by atoms with Crippen molar-refractivity contribution in [3.05, 3.63) is 0 Å². The van der Waals surface area contributed by atoms with Gasteiger partial charge in [0.1, 0.15) is 0 Å². The Balaban J connectivity index is 2.04. The number of nitrogens with one attached hydrogen (secondary N) is 1. The molecule has 1 aliphatic heterocycles. The van der Waals surface area contributed by atoms with E-state index in [1.54, 1.807) is 7.11 Å². The van der Waals surface area contributed by atoms with Crippen molar-refractivity contribution in [3.63, 3.8) is 0 Å². The number of ether oxygens (including phenoxy) is 1. The van der Waals surface area contributed by atoms with Crippen molar-refractivity contribution in [2.24, 2.45) is 5.92 Å². The molecule has 1 saturated carbocycles. The van der Waals surface area contributed by atoms with Crippen LogP contribution in [0, 0.1) is 5.92 Å². The fraction of sp³-hybridized carbons (Fsp3) is 1.00. The third-order valence-corrected chi connectivity index (χ3v) is 4.07. The summed E-state index contributed by atoms with van der Waals surface area (Å²) in [4.78, 5) is 2.66. The smallest absolute Gasteiger partial charge is 0.0615 e. The second kappa shape index (κ2) is 4.40. The summed E-state index contributed by atoms with van der Waals surface area (Å²) >= 11 is 0. The van der Waals surface area contributed by atoms with Crippen molar-refractivity contribution < 1.29 is 4.74 Å². The van der Waals surface area contributed by atoms with E-state index in [-0.39, 0.29) is 0 Å². The molecule has 2 aliphatic rings. The molecule has 1 aliphatic carbocycles. The lowest BCUT2D eigenvalue weighted by Gasteiger charge is -2.48. The largest absolute Gasteiger partial charge is 0.383 e. The SMILES string of the molecule is COCC(C)N1CCNCC1(C)C1CC1. The third-order valence-electron chi connectivity index (χ3n) is 4.07. The second-order valence-electron chi connectivity index (χ2n) is 5.31. The molecular weight excluding hydrogens is 188 g/mol. The van der Waals surface area contributed by atoms with E-state index in [0.717, 1.165) is 32.2 Å². The van der Waals surface area contributed by atoms with Crippen molar-refractivity contribution in [2.75, 3.05) is 33.4 Å². The number of hydrogen-bond donors (Lipinski definition) is 1. The summed E-state index contributed by atoms with van der Waals surface area (Å²) in [7, 11) is 1.80. The minimum atomic E-state index is 0.371. The second-order valence-corrected chi connectivity index (χ2v) is 5.31. The molecule has 2 fully saturated rings. The minimum Gasteiger partial charge on any atom is -0.383 e. The molecule has 1 heterocycles. The molecule has 1 N–H and O–H groups in total. The highest BCUT2D eigenvalue weighted by molar-refractivity contribution is 5.04. The molecule has 2 unspecified atom stereocenters. The van der Waals surface area contributed by atoms with Crippen molar-refractivity contribution in [1.29, 1.82) is 0 Å². The van der Waals surface area contributed by atoms with Crippen LogP contribution in [0.4, 0.5) is 0 Å². The predicted molar refractivity (Wildman–Crippen MR) is 62.0 cm³/mol. The van der Waals surface area contributed by atoms with Crippen LogP contribution in [0.5, 0.6) is 0 Å². The first-order valence-electron chi connectivity index (χ1n) is 6.15. The van der Waals surface area contributed by atoms with Gasteiger partial charge in [0.05, 0.1) is 6.61 Å². The molecule has 3 nitrogen and oxygen atoms in total. The molecule has 0 amide bonds. The lowest BCUT2D eigenvalue weighted by Crippen LogP contribution is -2.64. The third kappa shape index (κ3) is 2.19. The molecule has 88 valence electrons. The van der Waals surface area contributed by atoms with E-state index in [1.165, 1.54) is 12.8 Å². The number of nitrogens with zero attached hydrogens (tertiary/aromatic N) is 1. The van der Waals surface area contributed by atoms with Gasteiger partial charge in [-0.25, -0.2) is 0 Å². The van der Waals surface area contributed by atoms with Crippen molar-refractivity contribution in [1.82, 2.24) is 10.2 Å². The Labute approximate surface area is 93.2 Å². The van der Waals surface area contributed by atoms with Crippen molar-refractivity contribution in [2.45, 2.75) is 38.3 Å². The van der Waals surface area contributed by atoms with Gasteiger partial charge in [0.25, 0.3) is 0 Å². The normalized spacial score (nSPS) is 35.4. The molecule has 3 heteroatoms. The van der Waals surface area contributed by atoms with E-state index in [0.29, 0.717) is 11.6 Å². The summed E-state index contributed by atoms with van der Waals surface area (Å²) in [6, 6.07) is 0.544.